The van der Waals surface area contributed by atoms with Crippen LogP contribution in [0.25, 0.3) is 0 Å². The van der Waals surface area contributed by atoms with Crippen molar-refractivity contribution in [1.29, 1.82) is 0 Å². The molecule has 25 heteroatoms. The highest BCUT2D eigenvalue weighted by Crippen LogP contribution is 2.29. The lowest BCUT2D eigenvalue weighted by atomic mass is 10.00. The third kappa shape index (κ3) is 25.1. The molecule has 4 unspecified atom stereocenters. The van der Waals surface area contributed by atoms with Crippen LogP contribution in [0.3, 0.4) is 0 Å². The average Bonchev–Trinajstić information content (AvgIpc) is 3.91. The number of nitrogens with zero attached hydrogens (tertiary/aromatic N) is 5. The van der Waals surface area contributed by atoms with Crippen LogP contribution < -0.4 is 41.7 Å². The molecule has 4 aromatic rings. The van der Waals surface area contributed by atoms with Gasteiger partial charge in [-0.15, -0.1) is 11.8 Å². The van der Waals surface area contributed by atoms with Crippen LogP contribution in [0.4, 0.5) is 23.7 Å². The molecule has 484 valence electrons. The summed E-state index contributed by atoms with van der Waals surface area (Å²) < 4.78 is 75.9. The monoisotopic (exact) mass is 1250 g/mol. The number of hydrogen-bond donors (Lipinski definition) is 6. The van der Waals surface area contributed by atoms with Crippen molar-refractivity contribution in [1.82, 2.24) is 51.5 Å². The Morgan fingerprint density at radius 3 is 2.18 bits per heavy atom. The number of aryl methyl sites for hydroxylation is 1. The first-order valence-electron chi connectivity index (χ1n) is 30.5. The maximum atomic E-state index is 14.0. The Hall–Kier alpha value is -6.10. The maximum Gasteiger partial charge on any atom is 0.321 e. The van der Waals surface area contributed by atoms with Crippen LogP contribution in [0, 0.1) is 5.82 Å². The molecule has 3 heterocycles. The summed E-state index contributed by atoms with van der Waals surface area (Å²) >= 11 is 1.58. The molecule has 4 atom stereocenters. The van der Waals surface area contributed by atoms with Gasteiger partial charge in [-0.25, -0.2) is 28.4 Å². The van der Waals surface area contributed by atoms with Gasteiger partial charge < -0.3 is 64.0 Å². The summed E-state index contributed by atoms with van der Waals surface area (Å²) in [4.78, 5) is 61.1. The first-order valence-corrected chi connectivity index (χ1v) is 31.6. The number of carbonyl (C=O) groups excluding carboxylic acids is 4. The molecule has 3 saturated heterocycles. The SMILES string of the molecule is COCCCN(C(=O)CCc1ccc(OCCCCN(C)CCOCCOCCC2CN(CCOCCOc3ccc(NC(=O)NC4NC(CC(=O)N5CCN(C)CC5)CS4)cc3)NN2)cc1)C(C(=O)NCc1ccc(F)cc1)c1cccc(C(F)F)c1. The summed E-state index contributed by atoms with van der Waals surface area (Å²) in [7, 11) is 5.68. The van der Waals surface area contributed by atoms with E-state index in [1.165, 1.54) is 35.2 Å². The standard InChI is InChI=1S/C63H90F3N11O10S/c1-73(25-4-5-34-86-55-19-12-47(13-20-55)14-23-57(78)77(26-7-33-82-3)59(49-8-6-9-50(42-49)60(65)66)61(80)67-44-48-10-15-51(64)16-11-48)31-36-84-39-38-83-35-24-53-45-76(72-71-53)32-37-85-40-41-87-56-21-17-52(18-22-56)68-62(81)70-63-69-54(46-88-63)43-58(79)75-29-27-74(2)28-30-75/h6,8-13,15-22,42,53-54,59-60,63,69,71-72H,4-5,7,14,23-41,43-46H2,1-3H3,(H,67,80)(H2,68,70,81). The van der Waals surface area contributed by atoms with Crippen LogP contribution in [-0.4, -0.2) is 211 Å². The van der Waals surface area contributed by atoms with Crippen LogP contribution in [-0.2, 0) is 46.3 Å². The topological polar surface area (TPSA) is 212 Å². The molecular formula is C63H90F3N11O10S. The number of rotatable bonds is 39. The van der Waals surface area contributed by atoms with Gasteiger partial charge in [0.05, 0.1) is 39.6 Å². The van der Waals surface area contributed by atoms with E-state index in [4.69, 9.17) is 28.4 Å². The predicted molar refractivity (Wildman–Crippen MR) is 332 cm³/mol. The summed E-state index contributed by atoms with van der Waals surface area (Å²) in [6, 6.07) is 24.7. The molecule has 0 aliphatic carbocycles. The zero-order valence-corrected chi connectivity index (χ0v) is 51.9. The molecule has 4 aromatic carbocycles. The molecule has 3 aliphatic heterocycles. The number of nitrogens with one attached hydrogen (secondary N) is 6. The Morgan fingerprint density at radius 1 is 0.739 bits per heavy atom. The highest BCUT2D eigenvalue weighted by atomic mass is 32.2. The van der Waals surface area contributed by atoms with Gasteiger partial charge in [0.25, 0.3) is 6.43 Å². The molecule has 5 amide bonds. The fraction of sp³-hybridized carbons (Fsp3) is 0.556. The van der Waals surface area contributed by atoms with Gasteiger partial charge in [0, 0.05) is 121 Å². The largest absolute Gasteiger partial charge is 0.494 e. The quantitative estimate of drug-likeness (QED) is 0.0275. The number of alkyl halides is 2. The van der Waals surface area contributed by atoms with Crippen molar-refractivity contribution in [2.45, 2.75) is 81.5 Å². The van der Waals surface area contributed by atoms with Gasteiger partial charge in [-0.1, -0.05) is 42.5 Å². The van der Waals surface area contributed by atoms with Crippen molar-refractivity contribution in [3.8, 4) is 11.5 Å². The van der Waals surface area contributed by atoms with Crippen LogP contribution in [0.1, 0.15) is 73.2 Å². The zero-order chi connectivity index (χ0) is 62.3. The lowest BCUT2D eigenvalue weighted by Gasteiger charge is -2.33. The molecule has 3 fully saturated rings. The molecule has 88 heavy (non-hydrogen) atoms. The zero-order valence-electron chi connectivity index (χ0n) is 51.1. The van der Waals surface area contributed by atoms with Gasteiger partial charge in [0.15, 0.2) is 0 Å². The third-order valence-electron chi connectivity index (χ3n) is 15.2. The summed E-state index contributed by atoms with van der Waals surface area (Å²) in [5.41, 5.74) is 8.43. The number of halogens is 3. The second kappa shape index (κ2) is 38.4. The second-order valence-electron chi connectivity index (χ2n) is 22.1. The Morgan fingerprint density at radius 2 is 1.43 bits per heavy atom. The fourth-order valence-electron chi connectivity index (χ4n) is 10.1. The van der Waals surface area contributed by atoms with Crippen LogP contribution in [0.2, 0.25) is 0 Å². The first-order chi connectivity index (χ1) is 42.8. The molecule has 0 spiro atoms. The van der Waals surface area contributed by atoms with Crippen molar-refractivity contribution in [2.75, 3.05) is 151 Å². The number of carbonyl (C=O) groups is 4. The van der Waals surface area contributed by atoms with Crippen molar-refractivity contribution >= 4 is 41.2 Å². The number of benzene rings is 4. The maximum absolute atomic E-state index is 14.0. The highest BCUT2D eigenvalue weighted by Gasteiger charge is 2.33. The molecular weight excluding hydrogens is 1160 g/mol. The molecule has 0 radical (unpaired) electrons. The predicted octanol–water partition coefficient (Wildman–Crippen LogP) is 6.20. The number of likely N-dealkylation sites (N-methyl/N-ethyl adjacent to an activating group) is 2. The summed E-state index contributed by atoms with van der Waals surface area (Å²) in [5.74, 6) is 1.03. The van der Waals surface area contributed by atoms with Crippen molar-refractivity contribution in [3.05, 3.63) is 125 Å². The van der Waals surface area contributed by atoms with E-state index in [1.807, 2.05) is 29.2 Å². The number of amides is 5. The number of ether oxygens (including phenoxy) is 6. The van der Waals surface area contributed by atoms with E-state index in [9.17, 15) is 32.3 Å². The van der Waals surface area contributed by atoms with E-state index < -0.39 is 24.2 Å². The van der Waals surface area contributed by atoms with Gasteiger partial charge in [-0.05, 0) is 124 Å². The minimum absolute atomic E-state index is 0.0193. The van der Waals surface area contributed by atoms with E-state index in [1.54, 1.807) is 61.3 Å². The Bertz CT molecular complexity index is 2690. The van der Waals surface area contributed by atoms with E-state index in [-0.39, 0.29) is 66.1 Å². The fourth-order valence-corrected chi connectivity index (χ4v) is 11.2. The van der Waals surface area contributed by atoms with Crippen molar-refractivity contribution in [2.24, 2.45) is 0 Å². The molecule has 0 bridgehead atoms. The van der Waals surface area contributed by atoms with Crippen LogP contribution in [0.15, 0.2) is 97.1 Å². The molecule has 21 nitrogen and oxygen atoms in total. The lowest BCUT2D eigenvalue weighted by Crippen LogP contribution is -2.49. The number of anilines is 1. The second-order valence-corrected chi connectivity index (χ2v) is 23.3. The lowest BCUT2D eigenvalue weighted by molar-refractivity contribution is -0.141. The van der Waals surface area contributed by atoms with Crippen LogP contribution >= 0.6 is 11.8 Å². The molecule has 7 rings (SSSR count). The van der Waals surface area contributed by atoms with E-state index in [2.05, 4.69) is 61.1 Å². The minimum Gasteiger partial charge on any atom is -0.494 e. The van der Waals surface area contributed by atoms with Gasteiger partial charge in [-0.2, -0.15) is 5.53 Å². The minimum atomic E-state index is -2.77. The van der Waals surface area contributed by atoms with Gasteiger partial charge in [-0.3, -0.25) is 19.7 Å². The summed E-state index contributed by atoms with van der Waals surface area (Å²) in [5, 5.41) is 14.1. The van der Waals surface area contributed by atoms with Gasteiger partial charge in [0.2, 0.25) is 17.7 Å². The number of piperazine rings is 1. The molecule has 3 aliphatic rings. The number of urea groups is 1. The van der Waals surface area contributed by atoms with Crippen molar-refractivity contribution in [3.63, 3.8) is 0 Å². The highest BCUT2D eigenvalue weighted by molar-refractivity contribution is 8.00. The van der Waals surface area contributed by atoms with E-state index in [0.717, 1.165) is 82.1 Å². The summed E-state index contributed by atoms with van der Waals surface area (Å²) in [6.45, 7) is 11.3. The third-order valence-corrected chi connectivity index (χ3v) is 16.4. The Kier molecular flexibility index (Phi) is 30.3. The number of hydrogen-bond acceptors (Lipinski definition) is 17. The van der Waals surface area contributed by atoms with Gasteiger partial charge in [0.1, 0.15) is 35.5 Å². The first kappa shape index (κ1) is 69.4. The molecule has 0 aromatic heterocycles. The number of unbranched alkanes of at least 4 members (excludes halogenated alkanes) is 1. The van der Waals surface area contributed by atoms with E-state index in [0.29, 0.717) is 102 Å². The Balaban J connectivity index is 0.663. The summed E-state index contributed by atoms with van der Waals surface area (Å²) in [6.07, 6.45) is 1.20. The van der Waals surface area contributed by atoms with Crippen LogP contribution in [0.5, 0.6) is 11.5 Å². The average molecular weight is 1250 g/mol. The van der Waals surface area contributed by atoms with Crippen molar-refractivity contribution < 1.29 is 60.8 Å². The number of methoxy groups -OCH3 is 1. The number of hydrazine groups is 2. The molecule has 0 saturated carbocycles. The smallest absolute Gasteiger partial charge is 0.321 e. The Labute approximate surface area is 520 Å². The van der Waals surface area contributed by atoms with E-state index >= 15 is 0 Å². The normalized spacial score (nSPS) is 17.5. The van der Waals surface area contributed by atoms with Gasteiger partial charge >= 0.3 is 6.03 Å². The number of thioether (sulfide) groups is 1. The molecule has 6 N–H and O–H groups in total.